The monoisotopic (exact) mass is 172 g/mol. The normalized spacial score (nSPS) is 28.8. The first kappa shape index (κ1) is 9.52. The van der Waals surface area contributed by atoms with E-state index in [1.807, 2.05) is 13.8 Å². The average Bonchev–Trinajstić information content (AvgIpc) is 2.36. The molecule has 0 aromatic carbocycles. The van der Waals surface area contributed by atoms with Crippen LogP contribution in [0.15, 0.2) is 0 Å². The summed E-state index contributed by atoms with van der Waals surface area (Å²) in [5, 5.41) is 0. The minimum absolute atomic E-state index is 0.151. The third-order valence-corrected chi connectivity index (χ3v) is 1.97. The minimum Gasteiger partial charge on any atom is -0.433 e. The summed E-state index contributed by atoms with van der Waals surface area (Å²) in [7, 11) is 0. The summed E-state index contributed by atoms with van der Waals surface area (Å²) in [6, 6.07) is 0. The van der Waals surface area contributed by atoms with Gasteiger partial charge in [0.25, 0.3) is 0 Å². The highest BCUT2D eigenvalue weighted by atomic mass is 16.7. The van der Waals surface area contributed by atoms with Gasteiger partial charge in [-0.1, -0.05) is 6.92 Å². The molecule has 70 valence electrons. The van der Waals surface area contributed by atoms with Crippen LogP contribution in [0.2, 0.25) is 0 Å². The van der Waals surface area contributed by atoms with Gasteiger partial charge in [-0.3, -0.25) is 4.79 Å². The highest BCUT2D eigenvalue weighted by Gasteiger charge is 2.33. The lowest BCUT2D eigenvalue weighted by molar-refractivity contribution is -0.205. The fraction of sp³-hybridized carbons (Fsp3) is 0.889. The third-order valence-electron chi connectivity index (χ3n) is 1.97. The van der Waals surface area contributed by atoms with Gasteiger partial charge < -0.3 is 9.47 Å². The second-order valence-corrected chi connectivity index (χ2v) is 3.31. The lowest BCUT2D eigenvalue weighted by Gasteiger charge is -2.22. The van der Waals surface area contributed by atoms with Gasteiger partial charge in [0.05, 0.1) is 6.61 Å². The van der Waals surface area contributed by atoms with Gasteiger partial charge in [0, 0.05) is 19.8 Å². The Bertz CT molecular complexity index is 159. The van der Waals surface area contributed by atoms with Gasteiger partial charge >= 0.3 is 5.97 Å². The molecule has 0 radical (unpaired) electrons. The molecule has 0 bridgehead atoms. The fourth-order valence-corrected chi connectivity index (χ4v) is 1.33. The Morgan fingerprint density at radius 1 is 1.67 bits per heavy atom. The molecular weight excluding hydrogens is 156 g/mol. The molecule has 1 heterocycles. The summed E-state index contributed by atoms with van der Waals surface area (Å²) >= 11 is 0. The van der Waals surface area contributed by atoms with Crippen LogP contribution in [-0.4, -0.2) is 18.4 Å². The van der Waals surface area contributed by atoms with Gasteiger partial charge in [-0.05, 0) is 12.8 Å². The molecule has 1 atom stereocenters. The summed E-state index contributed by atoms with van der Waals surface area (Å²) in [5.41, 5.74) is 0. The standard InChI is InChI=1S/C9H16O3/c1-3-5-8(10)12-9(2)6-4-7-11-9/h3-7H2,1-2H3. The first-order valence-corrected chi connectivity index (χ1v) is 4.52. The van der Waals surface area contributed by atoms with E-state index in [9.17, 15) is 4.79 Å². The molecule has 1 aliphatic heterocycles. The van der Waals surface area contributed by atoms with Crippen molar-refractivity contribution in [3.63, 3.8) is 0 Å². The number of hydrogen-bond donors (Lipinski definition) is 0. The lowest BCUT2D eigenvalue weighted by Crippen LogP contribution is -2.30. The van der Waals surface area contributed by atoms with Gasteiger partial charge in [-0.25, -0.2) is 0 Å². The largest absolute Gasteiger partial charge is 0.433 e. The van der Waals surface area contributed by atoms with Crippen LogP contribution in [0.1, 0.15) is 39.5 Å². The number of hydrogen-bond acceptors (Lipinski definition) is 3. The van der Waals surface area contributed by atoms with E-state index in [1.54, 1.807) is 0 Å². The Balaban J connectivity index is 2.33. The molecule has 0 spiro atoms. The predicted octanol–water partition coefficient (Wildman–Crippen LogP) is 1.86. The number of esters is 1. The Kier molecular flexibility index (Phi) is 3.09. The Morgan fingerprint density at radius 2 is 2.42 bits per heavy atom. The van der Waals surface area contributed by atoms with Crippen LogP contribution < -0.4 is 0 Å². The van der Waals surface area contributed by atoms with Crippen molar-refractivity contribution in [2.75, 3.05) is 6.61 Å². The molecule has 1 fully saturated rings. The minimum atomic E-state index is -0.633. The maximum absolute atomic E-state index is 11.1. The van der Waals surface area contributed by atoms with Crippen molar-refractivity contribution >= 4 is 5.97 Å². The van der Waals surface area contributed by atoms with Gasteiger partial charge in [0.2, 0.25) is 5.79 Å². The summed E-state index contributed by atoms with van der Waals surface area (Å²) in [6.07, 6.45) is 3.12. The SMILES string of the molecule is CCCC(=O)OC1(C)CCCO1. The summed E-state index contributed by atoms with van der Waals surface area (Å²) in [5.74, 6) is -0.784. The third kappa shape index (κ3) is 2.48. The summed E-state index contributed by atoms with van der Waals surface area (Å²) in [6.45, 7) is 4.49. The molecule has 0 aromatic heterocycles. The van der Waals surface area contributed by atoms with Gasteiger partial charge in [-0.2, -0.15) is 0 Å². The Morgan fingerprint density at radius 3 is 2.92 bits per heavy atom. The maximum Gasteiger partial charge on any atom is 0.308 e. The molecular formula is C9H16O3. The van der Waals surface area contributed by atoms with Crippen LogP contribution in [0.25, 0.3) is 0 Å². The van der Waals surface area contributed by atoms with Crippen molar-refractivity contribution in [1.29, 1.82) is 0 Å². The molecule has 0 amide bonds. The van der Waals surface area contributed by atoms with Gasteiger partial charge in [0.15, 0.2) is 0 Å². The molecule has 1 unspecified atom stereocenters. The summed E-state index contributed by atoms with van der Waals surface area (Å²) in [4.78, 5) is 11.1. The molecule has 0 saturated carbocycles. The fourth-order valence-electron chi connectivity index (χ4n) is 1.33. The van der Waals surface area contributed by atoms with Crippen molar-refractivity contribution < 1.29 is 14.3 Å². The molecule has 12 heavy (non-hydrogen) atoms. The zero-order valence-corrected chi connectivity index (χ0v) is 7.76. The van der Waals surface area contributed by atoms with Crippen molar-refractivity contribution in [1.82, 2.24) is 0 Å². The quantitative estimate of drug-likeness (QED) is 0.609. The Hall–Kier alpha value is -0.570. The molecule has 0 N–H and O–H groups in total. The highest BCUT2D eigenvalue weighted by molar-refractivity contribution is 5.69. The van der Waals surface area contributed by atoms with Crippen LogP contribution in [-0.2, 0) is 14.3 Å². The first-order valence-electron chi connectivity index (χ1n) is 4.52. The van der Waals surface area contributed by atoms with Crippen molar-refractivity contribution in [3.8, 4) is 0 Å². The van der Waals surface area contributed by atoms with Crippen molar-refractivity contribution in [2.45, 2.75) is 45.3 Å². The smallest absolute Gasteiger partial charge is 0.308 e. The second-order valence-electron chi connectivity index (χ2n) is 3.31. The van der Waals surface area contributed by atoms with E-state index in [-0.39, 0.29) is 5.97 Å². The van der Waals surface area contributed by atoms with E-state index < -0.39 is 5.79 Å². The predicted molar refractivity (Wildman–Crippen MR) is 44.6 cm³/mol. The van der Waals surface area contributed by atoms with Gasteiger partial charge in [-0.15, -0.1) is 0 Å². The van der Waals surface area contributed by atoms with Gasteiger partial charge in [0.1, 0.15) is 0 Å². The number of carbonyl (C=O) groups excluding carboxylic acids is 1. The van der Waals surface area contributed by atoms with Crippen LogP contribution in [0, 0.1) is 0 Å². The van der Waals surface area contributed by atoms with Crippen LogP contribution in [0.3, 0.4) is 0 Å². The van der Waals surface area contributed by atoms with Crippen molar-refractivity contribution in [3.05, 3.63) is 0 Å². The van der Waals surface area contributed by atoms with Crippen molar-refractivity contribution in [2.24, 2.45) is 0 Å². The molecule has 1 saturated heterocycles. The topological polar surface area (TPSA) is 35.5 Å². The molecule has 3 heteroatoms. The first-order chi connectivity index (χ1) is 5.66. The second kappa shape index (κ2) is 3.90. The van der Waals surface area contributed by atoms with E-state index in [0.29, 0.717) is 13.0 Å². The van der Waals surface area contributed by atoms with E-state index >= 15 is 0 Å². The van der Waals surface area contributed by atoms with E-state index in [1.165, 1.54) is 0 Å². The van der Waals surface area contributed by atoms with Crippen LogP contribution in [0.5, 0.6) is 0 Å². The molecule has 0 aliphatic carbocycles. The van der Waals surface area contributed by atoms with Crippen LogP contribution in [0.4, 0.5) is 0 Å². The number of rotatable bonds is 3. The number of ether oxygens (including phenoxy) is 2. The van der Waals surface area contributed by atoms with E-state index in [0.717, 1.165) is 19.3 Å². The highest BCUT2D eigenvalue weighted by Crippen LogP contribution is 2.26. The molecule has 1 aliphatic rings. The van der Waals surface area contributed by atoms with E-state index in [4.69, 9.17) is 9.47 Å². The average molecular weight is 172 g/mol. The number of carbonyl (C=O) groups is 1. The lowest BCUT2D eigenvalue weighted by atomic mass is 10.2. The zero-order chi connectivity index (χ0) is 9.03. The molecule has 1 rings (SSSR count). The Labute approximate surface area is 73.0 Å². The molecule has 3 nitrogen and oxygen atoms in total. The molecule has 0 aromatic rings. The maximum atomic E-state index is 11.1. The summed E-state index contributed by atoms with van der Waals surface area (Å²) < 4.78 is 10.5. The van der Waals surface area contributed by atoms with E-state index in [2.05, 4.69) is 0 Å². The van der Waals surface area contributed by atoms with Crippen LogP contribution >= 0.6 is 0 Å². The zero-order valence-electron chi connectivity index (χ0n) is 7.76.